The number of hydrogen-bond donors (Lipinski definition) is 1. The summed E-state index contributed by atoms with van der Waals surface area (Å²) >= 11 is 0. The molecule has 0 radical (unpaired) electrons. The molecule has 0 saturated heterocycles. The summed E-state index contributed by atoms with van der Waals surface area (Å²) in [7, 11) is -3.87. The number of sulfonamides is 1. The van der Waals surface area contributed by atoms with Crippen molar-refractivity contribution in [1.29, 1.82) is 0 Å². The van der Waals surface area contributed by atoms with Crippen LogP contribution in [0.4, 0.5) is 10.1 Å². The molecule has 2 rings (SSSR count). The van der Waals surface area contributed by atoms with E-state index in [1.807, 2.05) is 13.0 Å². The lowest BCUT2D eigenvalue weighted by Crippen LogP contribution is -2.48. The average molecular weight is 394 g/mol. The minimum absolute atomic E-state index is 0.166. The van der Waals surface area contributed by atoms with Gasteiger partial charge in [0.1, 0.15) is 17.6 Å². The van der Waals surface area contributed by atoms with Gasteiger partial charge in [0.25, 0.3) is 0 Å². The van der Waals surface area contributed by atoms with Crippen molar-refractivity contribution in [3.63, 3.8) is 0 Å². The summed E-state index contributed by atoms with van der Waals surface area (Å²) in [5, 5.41) is 2.69. The van der Waals surface area contributed by atoms with Crippen LogP contribution in [0.1, 0.15) is 19.4 Å². The monoisotopic (exact) mass is 394 g/mol. The molecule has 1 amide bonds. The quantitative estimate of drug-likeness (QED) is 0.747. The van der Waals surface area contributed by atoms with Crippen LogP contribution in [-0.2, 0) is 21.4 Å². The number of carbonyl (C=O) groups excluding carboxylic acids is 1. The summed E-state index contributed by atoms with van der Waals surface area (Å²) in [5.74, 6) is -0.570. The van der Waals surface area contributed by atoms with Gasteiger partial charge in [0.15, 0.2) is 0 Å². The minimum atomic E-state index is -3.87. The number of anilines is 1. The maximum Gasteiger partial charge on any atom is 0.243 e. The minimum Gasteiger partial charge on any atom is -0.494 e. The van der Waals surface area contributed by atoms with E-state index in [-0.39, 0.29) is 12.2 Å². The average Bonchev–Trinajstić information content (AvgIpc) is 2.61. The van der Waals surface area contributed by atoms with Gasteiger partial charge in [-0.1, -0.05) is 24.3 Å². The molecular weight excluding hydrogens is 371 g/mol. The predicted octanol–water partition coefficient (Wildman–Crippen LogP) is 2.70. The molecule has 2 aromatic carbocycles. The zero-order valence-corrected chi connectivity index (χ0v) is 16.3. The van der Waals surface area contributed by atoms with E-state index in [0.29, 0.717) is 12.4 Å². The topological polar surface area (TPSA) is 75.7 Å². The number of benzene rings is 2. The van der Waals surface area contributed by atoms with Gasteiger partial charge in [-0.05, 0) is 43.7 Å². The third-order valence-corrected chi connectivity index (χ3v) is 5.08. The lowest BCUT2D eigenvalue weighted by Gasteiger charge is -2.28. The van der Waals surface area contributed by atoms with E-state index in [4.69, 9.17) is 4.74 Å². The first-order chi connectivity index (χ1) is 12.7. The van der Waals surface area contributed by atoms with Crippen molar-refractivity contribution in [3.05, 3.63) is 59.9 Å². The molecule has 27 heavy (non-hydrogen) atoms. The Kier molecular flexibility index (Phi) is 6.79. The van der Waals surface area contributed by atoms with Gasteiger partial charge in [-0.2, -0.15) is 0 Å². The van der Waals surface area contributed by atoms with Crippen LogP contribution < -0.4 is 14.4 Å². The number of para-hydroxylation sites is 1. The van der Waals surface area contributed by atoms with Crippen LogP contribution in [0.25, 0.3) is 0 Å². The maximum absolute atomic E-state index is 14.1. The van der Waals surface area contributed by atoms with Gasteiger partial charge in [-0.25, -0.2) is 12.8 Å². The normalized spacial score (nSPS) is 12.3. The molecular formula is C19H23FN2O4S. The zero-order valence-electron chi connectivity index (χ0n) is 15.5. The lowest BCUT2D eigenvalue weighted by molar-refractivity contribution is -0.122. The van der Waals surface area contributed by atoms with Crippen molar-refractivity contribution in [2.45, 2.75) is 26.4 Å². The summed E-state index contributed by atoms with van der Waals surface area (Å²) in [6.07, 6.45) is 0.939. The third kappa shape index (κ3) is 5.43. The van der Waals surface area contributed by atoms with E-state index in [9.17, 15) is 17.6 Å². The Morgan fingerprint density at radius 3 is 2.56 bits per heavy atom. The van der Waals surface area contributed by atoms with E-state index >= 15 is 0 Å². The second-order valence-electron chi connectivity index (χ2n) is 5.98. The molecule has 0 aromatic heterocycles. The van der Waals surface area contributed by atoms with Crippen LogP contribution in [0.15, 0.2) is 48.5 Å². The van der Waals surface area contributed by atoms with Crippen LogP contribution in [-0.4, -0.2) is 33.2 Å². The number of amides is 1. The fraction of sp³-hybridized carbons (Fsp3) is 0.316. The Balaban J connectivity index is 2.16. The van der Waals surface area contributed by atoms with Crippen LogP contribution in [0.5, 0.6) is 5.75 Å². The molecule has 0 fully saturated rings. The van der Waals surface area contributed by atoms with Crippen molar-refractivity contribution >= 4 is 21.6 Å². The van der Waals surface area contributed by atoms with Gasteiger partial charge in [-0.15, -0.1) is 0 Å². The summed E-state index contributed by atoms with van der Waals surface area (Å²) in [5.41, 5.74) is 0.638. The highest BCUT2D eigenvalue weighted by atomic mass is 32.2. The molecule has 1 N–H and O–H groups in total. The molecule has 0 aliphatic rings. The molecule has 146 valence electrons. The summed E-state index contributed by atoms with van der Waals surface area (Å²) in [6, 6.07) is 11.5. The largest absolute Gasteiger partial charge is 0.494 e. The van der Waals surface area contributed by atoms with Crippen molar-refractivity contribution in [3.8, 4) is 5.75 Å². The molecule has 0 spiro atoms. The molecule has 6 nitrogen and oxygen atoms in total. The molecule has 0 heterocycles. The molecule has 1 atom stereocenters. The van der Waals surface area contributed by atoms with E-state index in [1.165, 1.54) is 25.1 Å². The SMILES string of the molecule is CCOc1cccc(CNC(=O)C(C)N(c2ccccc2F)S(C)(=O)=O)c1. The molecule has 8 heteroatoms. The number of ether oxygens (including phenoxy) is 1. The Morgan fingerprint density at radius 2 is 1.93 bits per heavy atom. The summed E-state index contributed by atoms with van der Waals surface area (Å²) < 4.78 is 44.7. The maximum atomic E-state index is 14.1. The van der Waals surface area contributed by atoms with Gasteiger partial charge < -0.3 is 10.1 Å². The van der Waals surface area contributed by atoms with Gasteiger partial charge in [-0.3, -0.25) is 9.10 Å². The second kappa shape index (κ2) is 8.85. The Hall–Kier alpha value is -2.61. The molecule has 1 unspecified atom stereocenters. The first kappa shape index (κ1) is 20.7. The first-order valence-electron chi connectivity index (χ1n) is 8.47. The van der Waals surface area contributed by atoms with Crippen molar-refractivity contribution in [2.75, 3.05) is 17.2 Å². The van der Waals surface area contributed by atoms with E-state index in [2.05, 4.69) is 5.32 Å². The highest BCUT2D eigenvalue weighted by Crippen LogP contribution is 2.24. The standard InChI is InChI=1S/C19H23FN2O4S/c1-4-26-16-9-7-8-15(12-16)13-21-19(23)14(2)22(27(3,24)25)18-11-6-5-10-17(18)20/h5-12,14H,4,13H2,1-3H3,(H,21,23). The van der Waals surface area contributed by atoms with E-state index in [1.54, 1.807) is 18.2 Å². The highest BCUT2D eigenvalue weighted by Gasteiger charge is 2.30. The fourth-order valence-corrected chi connectivity index (χ4v) is 3.84. The van der Waals surface area contributed by atoms with Gasteiger partial charge >= 0.3 is 0 Å². The number of halogens is 1. The molecule has 0 saturated carbocycles. The summed E-state index contributed by atoms with van der Waals surface area (Å²) in [6.45, 7) is 4.01. The van der Waals surface area contributed by atoms with Gasteiger partial charge in [0.05, 0.1) is 18.6 Å². The van der Waals surface area contributed by atoms with E-state index in [0.717, 1.165) is 22.2 Å². The fourth-order valence-electron chi connectivity index (χ4n) is 2.66. The smallest absolute Gasteiger partial charge is 0.243 e. The molecule has 0 bridgehead atoms. The number of nitrogens with one attached hydrogen (secondary N) is 1. The highest BCUT2D eigenvalue weighted by molar-refractivity contribution is 7.92. The van der Waals surface area contributed by atoms with Gasteiger partial charge in [0, 0.05) is 6.54 Å². The Morgan fingerprint density at radius 1 is 1.22 bits per heavy atom. The predicted molar refractivity (Wildman–Crippen MR) is 103 cm³/mol. The van der Waals surface area contributed by atoms with Crippen LogP contribution in [0.2, 0.25) is 0 Å². The Bertz CT molecular complexity index is 902. The molecule has 0 aliphatic carbocycles. The molecule has 2 aromatic rings. The number of nitrogens with zero attached hydrogens (tertiary/aromatic N) is 1. The first-order valence-corrected chi connectivity index (χ1v) is 10.3. The van der Waals surface area contributed by atoms with Gasteiger partial charge in [0.2, 0.25) is 15.9 Å². The Labute approximate surface area is 159 Å². The second-order valence-corrected chi connectivity index (χ2v) is 7.84. The number of carbonyl (C=O) groups is 1. The zero-order chi connectivity index (χ0) is 20.0. The van der Waals surface area contributed by atoms with Crippen molar-refractivity contribution in [1.82, 2.24) is 5.32 Å². The summed E-state index contributed by atoms with van der Waals surface area (Å²) in [4.78, 5) is 12.5. The van der Waals surface area contributed by atoms with E-state index < -0.39 is 27.8 Å². The van der Waals surface area contributed by atoms with Crippen molar-refractivity contribution < 1.29 is 22.3 Å². The number of rotatable bonds is 8. The molecule has 0 aliphatic heterocycles. The van der Waals surface area contributed by atoms with Crippen LogP contribution in [0.3, 0.4) is 0 Å². The van der Waals surface area contributed by atoms with Crippen LogP contribution in [0, 0.1) is 5.82 Å². The lowest BCUT2D eigenvalue weighted by atomic mass is 10.2. The number of hydrogen-bond acceptors (Lipinski definition) is 4. The van der Waals surface area contributed by atoms with Crippen LogP contribution >= 0.6 is 0 Å². The van der Waals surface area contributed by atoms with Crippen molar-refractivity contribution in [2.24, 2.45) is 0 Å². The third-order valence-electron chi connectivity index (χ3n) is 3.85.